The van der Waals surface area contributed by atoms with E-state index in [0.717, 1.165) is 38.5 Å². The molecule has 1 amide bonds. The van der Waals surface area contributed by atoms with E-state index in [1.165, 1.54) is 6.42 Å². The van der Waals surface area contributed by atoms with Gasteiger partial charge in [-0.25, -0.2) is 0 Å². The van der Waals surface area contributed by atoms with Gasteiger partial charge in [0.25, 0.3) is 0 Å². The molecule has 0 radical (unpaired) electrons. The summed E-state index contributed by atoms with van der Waals surface area (Å²) in [6, 6.07) is 0.438. The fourth-order valence-electron chi connectivity index (χ4n) is 2.61. The van der Waals surface area contributed by atoms with Crippen molar-refractivity contribution in [1.29, 1.82) is 0 Å². The van der Waals surface area contributed by atoms with Crippen LogP contribution in [0, 0.1) is 0 Å². The highest BCUT2D eigenvalue weighted by atomic mass is 16.2. The summed E-state index contributed by atoms with van der Waals surface area (Å²) in [6.45, 7) is 4.38. The molecule has 0 heterocycles. The van der Waals surface area contributed by atoms with E-state index in [1.54, 1.807) is 0 Å². The van der Waals surface area contributed by atoms with Gasteiger partial charge >= 0.3 is 0 Å². The molecule has 0 unspecified atom stereocenters. The second-order valence-electron chi connectivity index (χ2n) is 5.19. The lowest BCUT2D eigenvalue weighted by atomic mass is 9.81. The zero-order valence-corrected chi connectivity index (χ0v) is 9.95. The Morgan fingerprint density at radius 1 is 1.38 bits per heavy atom. The number of carbonyl (C=O) groups excluding carboxylic acids is 1. The molecule has 0 aliphatic heterocycles. The van der Waals surface area contributed by atoms with E-state index in [2.05, 4.69) is 6.58 Å². The summed E-state index contributed by atoms with van der Waals surface area (Å²) in [5, 5.41) is 0. The minimum Gasteiger partial charge on any atom is -0.334 e. The maximum atomic E-state index is 12.4. The zero-order chi connectivity index (χ0) is 11.6. The molecule has 2 fully saturated rings. The lowest BCUT2D eigenvalue weighted by molar-refractivity contribution is -0.138. The maximum absolute atomic E-state index is 12.4. The molecule has 2 saturated carbocycles. The van der Waals surface area contributed by atoms with Crippen molar-refractivity contribution < 1.29 is 4.79 Å². The standard InChI is InChI=1S/C13H22N2O/c1-2-10-15(11-6-7-11)12(16)13(14)8-4-3-5-9-13/h2,11H,1,3-10,14H2. The molecule has 0 spiro atoms. The van der Waals surface area contributed by atoms with Crippen molar-refractivity contribution >= 4 is 5.91 Å². The SMILES string of the molecule is C=CCN(C(=O)C1(N)CCCCC1)C1CC1. The summed E-state index contributed by atoms with van der Waals surface area (Å²) in [5.74, 6) is 0.162. The van der Waals surface area contributed by atoms with Gasteiger partial charge in [-0.15, -0.1) is 6.58 Å². The van der Waals surface area contributed by atoms with Crippen LogP contribution in [0.2, 0.25) is 0 Å². The molecule has 0 atom stereocenters. The van der Waals surface area contributed by atoms with Crippen LogP contribution in [0.4, 0.5) is 0 Å². The van der Waals surface area contributed by atoms with Crippen LogP contribution in [0.1, 0.15) is 44.9 Å². The van der Waals surface area contributed by atoms with E-state index in [0.29, 0.717) is 12.6 Å². The second kappa shape index (κ2) is 4.58. The van der Waals surface area contributed by atoms with E-state index >= 15 is 0 Å². The van der Waals surface area contributed by atoms with Crippen LogP contribution in [0.15, 0.2) is 12.7 Å². The number of nitrogens with zero attached hydrogens (tertiary/aromatic N) is 1. The molecule has 3 nitrogen and oxygen atoms in total. The van der Waals surface area contributed by atoms with Gasteiger partial charge in [-0.2, -0.15) is 0 Å². The van der Waals surface area contributed by atoms with Gasteiger partial charge in [-0.1, -0.05) is 25.3 Å². The van der Waals surface area contributed by atoms with E-state index in [4.69, 9.17) is 5.73 Å². The lowest BCUT2D eigenvalue weighted by Crippen LogP contribution is -2.56. The van der Waals surface area contributed by atoms with Crippen molar-refractivity contribution in [3.63, 3.8) is 0 Å². The second-order valence-corrected chi connectivity index (χ2v) is 5.19. The first kappa shape index (κ1) is 11.6. The summed E-state index contributed by atoms with van der Waals surface area (Å²) in [6.07, 6.45) is 9.19. The smallest absolute Gasteiger partial charge is 0.243 e. The average molecular weight is 222 g/mol. The van der Waals surface area contributed by atoms with E-state index in [1.807, 2.05) is 11.0 Å². The van der Waals surface area contributed by atoms with Gasteiger partial charge in [0.1, 0.15) is 0 Å². The van der Waals surface area contributed by atoms with Crippen LogP contribution >= 0.6 is 0 Å². The third-order valence-corrected chi connectivity index (χ3v) is 3.75. The Kier molecular flexibility index (Phi) is 3.33. The van der Waals surface area contributed by atoms with Gasteiger partial charge in [0.2, 0.25) is 5.91 Å². The molecule has 0 bridgehead atoms. The lowest BCUT2D eigenvalue weighted by Gasteiger charge is -2.36. The molecule has 0 aromatic heterocycles. The highest BCUT2D eigenvalue weighted by molar-refractivity contribution is 5.86. The van der Waals surface area contributed by atoms with E-state index in [9.17, 15) is 4.79 Å². The van der Waals surface area contributed by atoms with Crippen LogP contribution < -0.4 is 5.73 Å². The minimum atomic E-state index is -0.580. The van der Waals surface area contributed by atoms with Gasteiger partial charge in [-0.3, -0.25) is 4.79 Å². The van der Waals surface area contributed by atoms with Crippen molar-refractivity contribution in [2.45, 2.75) is 56.5 Å². The van der Waals surface area contributed by atoms with Crippen molar-refractivity contribution in [3.05, 3.63) is 12.7 Å². The Bertz CT molecular complexity index is 278. The number of rotatable bonds is 4. The molecule has 0 saturated heterocycles. The number of hydrogen-bond acceptors (Lipinski definition) is 2. The van der Waals surface area contributed by atoms with Crippen molar-refractivity contribution in [2.24, 2.45) is 5.73 Å². The Morgan fingerprint density at radius 2 is 2.00 bits per heavy atom. The van der Waals surface area contributed by atoms with Gasteiger partial charge in [0.15, 0.2) is 0 Å². The van der Waals surface area contributed by atoms with Gasteiger partial charge in [-0.05, 0) is 25.7 Å². The molecular weight excluding hydrogens is 200 g/mol. The van der Waals surface area contributed by atoms with Crippen molar-refractivity contribution in [1.82, 2.24) is 4.90 Å². The number of amides is 1. The largest absolute Gasteiger partial charge is 0.334 e. The third-order valence-electron chi connectivity index (χ3n) is 3.75. The first-order valence-electron chi connectivity index (χ1n) is 6.38. The summed E-state index contributed by atoms with van der Waals surface area (Å²) in [4.78, 5) is 14.4. The topological polar surface area (TPSA) is 46.3 Å². The molecule has 0 aromatic rings. The average Bonchev–Trinajstić information content (AvgIpc) is 3.10. The normalized spacial score (nSPS) is 23.8. The Balaban J connectivity index is 2.05. The monoisotopic (exact) mass is 222 g/mol. The highest BCUT2D eigenvalue weighted by Crippen LogP contribution is 2.33. The molecule has 16 heavy (non-hydrogen) atoms. The van der Waals surface area contributed by atoms with Crippen LogP contribution in [0.5, 0.6) is 0 Å². The quantitative estimate of drug-likeness (QED) is 0.738. The molecule has 2 rings (SSSR count). The predicted molar refractivity (Wildman–Crippen MR) is 64.9 cm³/mol. The van der Waals surface area contributed by atoms with Gasteiger partial charge in [0, 0.05) is 12.6 Å². The van der Waals surface area contributed by atoms with Crippen LogP contribution in [-0.4, -0.2) is 28.9 Å². The Morgan fingerprint density at radius 3 is 2.50 bits per heavy atom. The number of carbonyl (C=O) groups is 1. The predicted octanol–water partition coefficient (Wildman–Crippen LogP) is 1.82. The molecule has 2 aliphatic rings. The van der Waals surface area contributed by atoms with Gasteiger partial charge in [0.05, 0.1) is 5.54 Å². The van der Waals surface area contributed by atoms with Crippen LogP contribution in [-0.2, 0) is 4.79 Å². The molecular formula is C13H22N2O. The third kappa shape index (κ3) is 2.29. The molecule has 3 heteroatoms. The summed E-state index contributed by atoms with van der Waals surface area (Å²) >= 11 is 0. The van der Waals surface area contributed by atoms with Crippen molar-refractivity contribution in [3.8, 4) is 0 Å². The van der Waals surface area contributed by atoms with Crippen LogP contribution in [0.25, 0.3) is 0 Å². The minimum absolute atomic E-state index is 0.162. The Hall–Kier alpha value is -0.830. The number of nitrogens with two attached hydrogens (primary N) is 1. The first-order valence-corrected chi connectivity index (χ1v) is 6.38. The fourth-order valence-corrected chi connectivity index (χ4v) is 2.61. The molecule has 0 aromatic carbocycles. The zero-order valence-electron chi connectivity index (χ0n) is 9.95. The van der Waals surface area contributed by atoms with Crippen molar-refractivity contribution in [2.75, 3.05) is 6.54 Å². The fraction of sp³-hybridized carbons (Fsp3) is 0.769. The molecule has 2 N–H and O–H groups in total. The molecule has 90 valence electrons. The van der Waals surface area contributed by atoms with E-state index < -0.39 is 5.54 Å². The summed E-state index contributed by atoms with van der Waals surface area (Å²) in [7, 11) is 0. The van der Waals surface area contributed by atoms with Gasteiger partial charge < -0.3 is 10.6 Å². The summed E-state index contributed by atoms with van der Waals surface area (Å²) in [5.41, 5.74) is 5.69. The van der Waals surface area contributed by atoms with Crippen LogP contribution in [0.3, 0.4) is 0 Å². The number of hydrogen-bond donors (Lipinski definition) is 1. The van der Waals surface area contributed by atoms with E-state index in [-0.39, 0.29) is 5.91 Å². The first-order chi connectivity index (χ1) is 7.67. The maximum Gasteiger partial charge on any atom is 0.243 e. The highest BCUT2D eigenvalue weighted by Gasteiger charge is 2.42. The summed E-state index contributed by atoms with van der Waals surface area (Å²) < 4.78 is 0. The molecule has 2 aliphatic carbocycles. The Labute approximate surface area is 97.7 Å².